The Morgan fingerprint density at radius 2 is 0.652 bits per heavy atom. The Labute approximate surface area is 408 Å². The summed E-state index contributed by atoms with van der Waals surface area (Å²) in [5.41, 5.74) is 0. The first-order valence-corrected chi connectivity index (χ1v) is 28.0. The minimum Gasteiger partial charge on any atom is -0.462 e. The van der Waals surface area contributed by atoms with Gasteiger partial charge in [-0.2, -0.15) is 0 Å². The molecule has 380 valence electrons. The number of unbranched alkanes of at least 4 members (excludes halogenated alkanes) is 28. The predicted octanol–water partition coefficient (Wildman–Crippen LogP) is 18.6. The number of rotatable bonds is 50. The van der Waals surface area contributed by atoms with E-state index in [-0.39, 0.29) is 31.1 Å². The Hall–Kier alpha value is -3.15. The zero-order valence-corrected chi connectivity index (χ0v) is 43.4. The molecule has 0 heterocycles. The van der Waals surface area contributed by atoms with Gasteiger partial charge in [0.15, 0.2) is 6.10 Å². The van der Waals surface area contributed by atoms with Crippen LogP contribution in [0.3, 0.4) is 0 Å². The predicted molar refractivity (Wildman–Crippen MR) is 284 cm³/mol. The molecule has 6 heteroatoms. The molecular formula is C60H104O6. The van der Waals surface area contributed by atoms with Gasteiger partial charge in [0.25, 0.3) is 0 Å². The molecule has 0 aromatic rings. The number of ether oxygens (including phenoxy) is 3. The van der Waals surface area contributed by atoms with Gasteiger partial charge in [0, 0.05) is 19.3 Å². The second-order valence-corrected chi connectivity index (χ2v) is 18.5. The van der Waals surface area contributed by atoms with Crippen LogP contribution in [0.15, 0.2) is 72.9 Å². The SMILES string of the molecule is CC/C=C\C/C=C\C/C=C\CCCCCCCCCCCC(=O)OCC(COC(=O)CCCCC/C=C\C=C/CCCC)OC(=O)CCCCCCC/C=C\CCCCCCCCCCC. The average molecular weight is 921 g/mol. The highest BCUT2D eigenvalue weighted by Gasteiger charge is 2.19. The lowest BCUT2D eigenvalue weighted by molar-refractivity contribution is -0.167. The first kappa shape index (κ1) is 62.8. The zero-order chi connectivity index (χ0) is 47.9. The van der Waals surface area contributed by atoms with Crippen molar-refractivity contribution in [3.05, 3.63) is 72.9 Å². The molecule has 0 spiro atoms. The van der Waals surface area contributed by atoms with Crippen molar-refractivity contribution in [2.45, 2.75) is 277 Å². The maximum atomic E-state index is 12.8. The van der Waals surface area contributed by atoms with E-state index in [0.29, 0.717) is 19.3 Å². The lowest BCUT2D eigenvalue weighted by atomic mass is 10.1. The first-order valence-electron chi connectivity index (χ1n) is 28.0. The van der Waals surface area contributed by atoms with Gasteiger partial charge >= 0.3 is 17.9 Å². The molecule has 66 heavy (non-hydrogen) atoms. The van der Waals surface area contributed by atoms with Crippen LogP contribution in [0.2, 0.25) is 0 Å². The van der Waals surface area contributed by atoms with Crippen LogP contribution in [0.4, 0.5) is 0 Å². The normalized spacial score (nSPS) is 12.6. The third-order valence-corrected chi connectivity index (χ3v) is 11.9. The molecule has 0 bridgehead atoms. The van der Waals surface area contributed by atoms with Crippen molar-refractivity contribution in [2.24, 2.45) is 0 Å². The van der Waals surface area contributed by atoms with Crippen LogP contribution < -0.4 is 0 Å². The van der Waals surface area contributed by atoms with E-state index in [4.69, 9.17) is 14.2 Å². The number of hydrogen-bond acceptors (Lipinski definition) is 6. The summed E-state index contributed by atoms with van der Waals surface area (Å²) in [5.74, 6) is -0.927. The molecule has 1 unspecified atom stereocenters. The number of esters is 3. The van der Waals surface area contributed by atoms with Crippen LogP contribution >= 0.6 is 0 Å². The Balaban J connectivity index is 4.36. The molecule has 6 nitrogen and oxygen atoms in total. The highest BCUT2D eigenvalue weighted by molar-refractivity contribution is 5.71. The Bertz CT molecular complexity index is 1240. The van der Waals surface area contributed by atoms with E-state index in [1.807, 2.05) is 0 Å². The van der Waals surface area contributed by atoms with E-state index in [0.717, 1.165) is 103 Å². The third-order valence-electron chi connectivity index (χ3n) is 11.9. The van der Waals surface area contributed by atoms with Gasteiger partial charge in [-0.15, -0.1) is 0 Å². The second kappa shape index (κ2) is 54.5. The summed E-state index contributed by atoms with van der Waals surface area (Å²) in [6.07, 6.45) is 68.9. The van der Waals surface area contributed by atoms with Crippen molar-refractivity contribution >= 4 is 17.9 Å². The highest BCUT2D eigenvalue weighted by atomic mass is 16.6. The zero-order valence-electron chi connectivity index (χ0n) is 43.4. The number of carbonyl (C=O) groups is 3. The Morgan fingerprint density at radius 3 is 1.09 bits per heavy atom. The van der Waals surface area contributed by atoms with Crippen LogP contribution in [-0.4, -0.2) is 37.2 Å². The van der Waals surface area contributed by atoms with Crippen molar-refractivity contribution in [1.29, 1.82) is 0 Å². The van der Waals surface area contributed by atoms with Crippen molar-refractivity contribution < 1.29 is 28.6 Å². The van der Waals surface area contributed by atoms with E-state index in [1.54, 1.807) is 0 Å². The number of hydrogen-bond donors (Lipinski definition) is 0. The molecule has 0 aromatic carbocycles. The molecule has 1 atom stereocenters. The van der Waals surface area contributed by atoms with E-state index < -0.39 is 6.10 Å². The quantitative estimate of drug-likeness (QED) is 0.0199. The summed E-state index contributed by atoms with van der Waals surface area (Å²) in [6.45, 7) is 6.46. The largest absolute Gasteiger partial charge is 0.462 e. The fourth-order valence-corrected chi connectivity index (χ4v) is 7.72. The first-order chi connectivity index (χ1) is 32.5. The topological polar surface area (TPSA) is 78.9 Å². The van der Waals surface area contributed by atoms with Crippen molar-refractivity contribution in [3.8, 4) is 0 Å². The van der Waals surface area contributed by atoms with Crippen LogP contribution in [0.5, 0.6) is 0 Å². The Morgan fingerprint density at radius 1 is 0.333 bits per heavy atom. The minimum absolute atomic E-state index is 0.0898. The lowest BCUT2D eigenvalue weighted by Crippen LogP contribution is -2.30. The van der Waals surface area contributed by atoms with Crippen LogP contribution in [0.1, 0.15) is 271 Å². The number of allylic oxidation sites excluding steroid dienone is 12. The molecule has 0 rings (SSSR count). The summed E-state index contributed by atoms with van der Waals surface area (Å²) in [5, 5.41) is 0. The fraction of sp³-hybridized carbons (Fsp3) is 0.750. The summed E-state index contributed by atoms with van der Waals surface area (Å²) < 4.78 is 16.8. The Kier molecular flexibility index (Phi) is 51.9. The molecule has 0 aromatic heterocycles. The van der Waals surface area contributed by atoms with Crippen molar-refractivity contribution in [1.82, 2.24) is 0 Å². The third kappa shape index (κ3) is 51.8. The van der Waals surface area contributed by atoms with Gasteiger partial charge in [-0.25, -0.2) is 0 Å². The van der Waals surface area contributed by atoms with Crippen LogP contribution in [0, 0.1) is 0 Å². The molecule has 0 saturated carbocycles. The number of carbonyl (C=O) groups excluding carboxylic acids is 3. The van der Waals surface area contributed by atoms with Gasteiger partial charge < -0.3 is 14.2 Å². The molecule has 0 N–H and O–H groups in total. The smallest absolute Gasteiger partial charge is 0.306 e. The van der Waals surface area contributed by atoms with Gasteiger partial charge in [-0.05, 0) is 96.3 Å². The molecular weight excluding hydrogens is 817 g/mol. The maximum absolute atomic E-state index is 12.8. The second-order valence-electron chi connectivity index (χ2n) is 18.5. The van der Waals surface area contributed by atoms with Crippen molar-refractivity contribution in [3.63, 3.8) is 0 Å². The standard InChI is InChI=1S/C60H104O6/c1-4-7-10-13-16-19-22-24-26-28-30-32-33-35-38-41-44-47-50-53-59(62)65-56-57(55-64-58(61)52-49-46-43-40-37-21-18-15-12-9-6-3)66-60(63)54-51-48-45-42-39-36-34-31-29-27-25-23-20-17-14-11-8-5-2/h7,10,15-16,18-19,21,24,26,31,34,37,57H,4-6,8-9,11-14,17,20,22-23,25,27-30,32-33,35-36,38-56H2,1-3H3/b10-7-,18-15-,19-16-,26-24-,34-31-,37-21-. The van der Waals surface area contributed by atoms with E-state index >= 15 is 0 Å². The summed E-state index contributed by atoms with van der Waals surface area (Å²) in [6, 6.07) is 0. The lowest BCUT2D eigenvalue weighted by Gasteiger charge is -2.18. The molecule has 0 radical (unpaired) electrons. The van der Waals surface area contributed by atoms with Crippen LogP contribution in [0.25, 0.3) is 0 Å². The molecule has 0 aliphatic heterocycles. The molecule has 0 aliphatic rings. The van der Waals surface area contributed by atoms with Gasteiger partial charge in [0.1, 0.15) is 13.2 Å². The summed E-state index contributed by atoms with van der Waals surface area (Å²) >= 11 is 0. The van der Waals surface area contributed by atoms with E-state index in [9.17, 15) is 14.4 Å². The minimum atomic E-state index is -0.792. The monoisotopic (exact) mass is 921 g/mol. The van der Waals surface area contributed by atoms with Gasteiger partial charge in [-0.3, -0.25) is 14.4 Å². The van der Waals surface area contributed by atoms with Gasteiger partial charge in [-0.1, -0.05) is 229 Å². The molecule has 0 fully saturated rings. The van der Waals surface area contributed by atoms with E-state index in [2.05, 4.69) is 93.7 Å². The molecule has 0 aliphatic carbocycles. The van der Waals surface area contributed by atoms with Crippen molar-refractivity contribution in [2.75, 3.05) is 13.2 Å². The van der Waals surface area contributed by atoms with Gasteiger partial charge in [0.2, 0.25) is 0 Å². The van der Waals surface area contributed by atoms with E-state index in [1.165, 1.54) is 128 Å². The fourth-order valence-electron chi connectivity index (χ4n) is 7.72. The average Bonchev–Trinajstić information content (AvgIpc) is 3.31. The molecule has 0 saturated heterocycles. The maximum Gasteiger partial charge on any atom is 0.306 e. The van der Waals surface area contributed by atoms with Crippen LogP contribution in [-0.2, 0) is 28.6 Å². The summed E-state index contributed by atoms with van der Waals surface area (Å²) in [7, 11) is 0. The van der Waals surface area contributed by atoms with Gasteiger partial charge in [0.05, 0.1) is 0 Å². The molecule has 0 amide bonds. The summed E-state index contributed by atoms with van der Waals surface area (Å²) in [4.78, 5) is 38.1. The highest BCUT2D eigenvalue weighted by Crippen LogP contribution is 2.15.